The molecule has 0 radical (unpaired) electrons. The molecular weight excluding hydrogens is 552 g/mol. The molecule has 8 nitrogen and oxygen atoms in total. The Labute approximate surface area is 223 Å². The summed E-state index contributed by atoms with van der Waals surface area (Å²) in [7, 11) is 0. The van der Waals surface area contributed by atoms with E-state index in [1.165, 1.54) is 18.7 Å². The van der Waals surface area contributed by atoms with Crippen LogP contribution in [0.15, 0.2) is 12.3 Å². The maximum atomic E-state index is 14.0. The number of pyridine rings is 1. The van der Waals surface area contributed by atoms with Crippen LogP contribution >= 0.6 is 11.3 Å². The lowest BCUT2D eigenvalue weighted by molar-refractivity contribution is -0.137. The molecule has 39 heavy (non-hydrogen) atoms. The highest BCUT2D eigenvalue weighted by Crippen LogP contribution is 2.43. The van der Waals surface area contributed by atoms with Crippen molar-refractivity contribution >= 4 is 29.0 Å². The Morgan fingerprint density at radius 3 is 2.41 bits per heavy atom. The van der Waals surface area contributed by atoms with Gasteiger partial charge in [0.25, 0.3) is 17.7 Å². The van der Waals surface area contributed by atoms with Crippen LogP contribution in [-0.4, -0.2) is 75.2 Å². The standard InChI is InChI=1S/C24H27F6N5O3S/c1-22(2,38)11-32-19(36)20-34-16(21(37)35-5-3-13(25)4-6-35)17(39-20)12-7-15(24(28,29)30)18(31-10-12)33-14-8-23(26,27)9-14/h7,10,13-14,38H,3-6,8-9,11H2,1-2H3,(H,31,33)(H,32,36). The molecule has 0 bridgehead atoms. The second kappa shape index (κ2) is 10.6. The van der Waals surface area contributed by atoms with Crippen LogP contribution in [0.2, 0.25) is 0 Å². The minimum Gasteiger partial charge on any atom is -0.389 e. The van der Waals surface area contributed by atoms with Gasteiger partial charge in [-0.15, -0.1) is 11.3 Å². The lowest BCUT2D eigenvalue weighted by Gasteiger charge is -2.36. The molecule has 1 aliphatic heterocycles. The van der Waals surface area contributed by atoms with Gasteiger partial charge in [-0.05, 0) is 32.8 Å². The van der Waals surface area contributed by atoms with Crippen LogP contribution in [0.25, 0.3) is 10.4 Å². The summed E-state index contributed by atoms with van der Waals surface area (Å²) in [6, 6.07) is -0.160. The number of rotatable bonds is 7. The van der Waals surface area contributed by atoms with Gasteiger partial charge in [0, 0.05) is 50.3 Å². The van der Waals surface area contributed by atoms with Gasteiger partial charge in [-0.1, -0.05) is 0 Å². The van der Waals surface area contributed by atoms with Gasteiger partial charge in [-0.25, -0.2) is 23.1 Å². The molecule has 15 heteroatoms. The fourth-order valence-corrected chi connectivity index (χ4v) is 5.16. The lowest BCUT2D eigenvalue weighted by atomic mass is 9.88. The van der Waals surface area contributed by atoms with E-state index < -0.39 is 66.0 Å². The Hall–Kier alpha value is -2.94. The van der Waals surface area contributed by atoms with E-state index in [-0.39, 0.29) is 53.6 Å². The Morgan fingerprint density at radius 1 is 1.21 bits per heavy atom. The molecule has 0 unspecified atom stereocenters. The highest BCUT2D eigenvalue weighted by Gasteiger charge is 2.46. The summed E-state index contributed by atoms with van der Waals surface area (Å²) in [5, 5.41) is 14.5. The van der Waals surface area contributed by atoms with Gasteiger partial charge in [-0.3, -0.25) is 9.59 Å². The first-order valence-electron chi connectivity index (χ1n) is 12.2. The predicted molar refractivity (Wildman–Crippen MR) is 131 cm³/mol. The van der Waals surface area contributed by atoms with Gasteiger partial charge >= 0.3 is 6.18 Å². The molecule has 1 saturated carbocycles. The van der Waals surface area contributed by atoms with Gasteiger partial charge in [0.15, 0.2) is 5.01 Å². The Morgan fingerprint density at radius 2 is 1.85 bits per heavy atom. The fraction of sp³-hybridized carbons (Fsp3) is 0.583. The highest BCUT2D eigenvalue weighted by molar-refractivity contribution is 7.17. The van der Waals surface area contributed by atoms with Gasteiger partial charge in [-0.2, -0.15) is 13.2 Å². The normalized spacial score (nSPS) is 18.5. The summed E-state index contributed by atoms with van der Waals surface area (Å²) in [6.45, 7) is 2.88. The van der Waals surface area contributed by atoms with Crippen LogP contribution in [-0.2, 0) is 6.18 Å². The number of halogens is 6. The SMILES string of the molecule is CC(C)(O)CNC(=O)c1nc(C(=O)N2CCC(F)CC2)c(-c2cnc(NC3CC(F)(F)C3)c(C(F)(F)F)c2)s1. The molecule has 0 atom stereocenters. The molecule has 2 aromatic rings. The van der Waals surface area contributed by atoms with Crippen molar-refractivity contribution < 1.29 is 41.0 Å². The maximum Gasteiger partial charge on any atom is 0.419 e. The number of nitrogens with one attached hydrogen (secondary N) is 2. The zero-order valence-corrected chi connectivity index (χ0v) is 21.9. The number of hydrogen-bond donors (Lipinski definition) is 3. The number of thiazole rings is 1. The highest BCUT2D eigenvalue weighted by atomic mass is 32.1. The molecule has 2 amide bonds. The summed E-state index contributed by atoms with van der Waals surface area (Å²) in [4.78, 5) is 35.2. The van der Waals surface area contributed by atoms with E-state index >= 15 is 0 Å². The molecule has 1 aliphatic carbocycles. The first-order valence-corrected chi connectivity index (χ1v) is 13.0. The molecule has 0 spiro atoms. The second-order valence-corrected chi connectivity index (χ2v) is 11.4. The summed E-state index contributed by atoms with van der Waals surface area (Å²) in [5.41, 5.74) is -2.94. The van der Waals surface area contributed by atoms with Crippen molar-refractivity contribution in [3.63, 3.8) is 0 Å². The number of nitrogens with zero attached hydrogens (tertiary/aromatic N) is 3. The Balaban J connectivity index is 1.71. The third-order valence-corrected chi connectivity index (χ3v) is 7.41. The molecule has 1 saturated heterocycles. The molecule has 2 aliphatic rings. The summed E-state index contributed by atoms with van der Waals surface area (Å²) in [6.07, 6.45) is -6.02. The monoisotopic (exact) mass is 579 g/mol. The second-order valence-electron chi connectivity index (χ2n) is 10.4. The Kier molecular flexibility index (Phi) is 7.87. The third kappa shape index (κ3) is 6.99. The Bertz CT molecular complexity index is 1230. The lowest BCUT2D eigenvalue weighted by Crippen LogP contribution is -2.44. The van der Waals surface area contributed by atoms with Crippen molar-refractivity contribution in [1.82, 2.24) is 20.2 Å². The number of carbonyl (C=O) groups excluding carboxylic acids is 2. The number of alkyl halides is 6. The summed E-state index contributed by atoms with van der Waals surface area (Å²) >= 11 is 0.665. The fourth-order valence-electron chi connectivity index (χ4n) is 4.21. The van der Waals surface area contributed by atoms with Crippen molar-refractivity contribution in [2.75, 3.05) is 25.0 Å². The molecule has 2 aromatic heterocycles. The number of likely N-dealkylation sites (tertiary alicyclic amines) is 1. The van der Waals surface area contributed by atoms with E-state index in [0.717, 1.165) is 12.3 Å². The van der Waals surface area contributed by atoms with Crippen molar-refractivity contribution in [2.45, 2.75) is 69.4 Å². The van der Waals surface area contributed by atoms with Gasteiger partial charge in [0.2, 0.25) is 0 Å². The van der Waals surface area contributed by atoms with Crippen molar-refractivity contribution in [2.24, 2.45) is 0 Å². The average molecular weight is 580 g/mol. The third-order valence-electron chi connectivity index (χ3n) is 6.30. The number of piperidine rings is 1. The van der Waals surface area contributed by atoms with Crippen molar-refractivity contribution in [1.29, 1.82) is 0 Å². The predicted octanol–water partition coefficient (Wildman–Crippen LogP) is 4.51. The molecule has 3 N–H and O–H groups in total. The van der Waals surface area contributed by atoms with E-state index in [4.69, 9.17) is 0 Å². The van der Waals surface area contributed by atoms with Crippen molar-refractivity contribution in [3.8, 4) is 10.4 Å². The first kappa shape index (κ1) is 29.1. The molecule has 3 heterocycles. The number of aliphatic hydroxyl groups is 1. The van der Waals surface area contributed by atoms with E-state index in [0.29, 0.717) is 11.3 Å². The molecule has 0 aromatic carbocycles. The quantitative estimate of drug-likeness (QED) is 0.417. The maximum absolute atomic E-state index is 14.0. The van der Waals surface area contributed by atoms with E-state index in [9.17, 15) is 41.0 Å². The average Bonchev–Trinajstić information content (AvgIpc) is 3.26. The number of aromatic nitrogens is 2. The number of amides is 2. The summed E-state index contributed by atoms with van der Waals surface area (Å²) in [5.74, 6) is -5.01. The number of carbonyl (C=O) groups is 2. The zero-order chi connectivity index (χ0) is 28.8. The van der Waals surface area contributed by atoms with Crippen LogP contribution in [0.1, 0.15) is 65.4 Å². The van der Waals surface area contributed by atoms with Crippen LogP contribution in [0.3, 0.4) is 0 Å². The van der Waals surface area contributed by atoms with Crippen LogP contribution in [0, 0.1) is 0 Å². The van der Waals surface area contributed by atoms with E-state index in [2.05, 4.69) is 20.6 Å². The topological polar surface area (TPSA) is 107 Å². The zero-order valence-electron chi connectivity index (χ0n) is 21.0. The molecular formula is C24H27F6N5O3S. The first-order chi connectivity index (χ1) is 18.0. The smallest absolute Gasteiger partial charge is 0.389 e. The molecule has 4 rings (SSSR count). The number of hydrogen-bond acceptors (Lipinski definition) is 7. The summed E-state index contributed by atoms with van der Waals surface area (Å²) < 4.78 is 81.9. The minimum absolute atomic E-state index is 0.0597. The molecule has 2 fully saturated rings. The van der Waals surface area contributed by atoms with Crippen LogP contribution in [0.4, 0.5) is 32.2 Å². The van der Waals surface area contributed by atoms with Crippen molar-refractivity contribution in [3.05, 3.63) is 28.5 Å². The number of anilines is 1. The van der Waals surface area contributed by atoms with Crippen LogP contribution in [0.5, 0.6) is 0 Å². The van der Waals surface area contributed by atoms with E-state index in [1.54, 1.807) is 0 Å². The van der Waals surface area contributed by atoms with Gasteiger partial charge < -0.3 is 20.6 Å². The van der Waals surface area contributed by atoms with E-state index in [1.807, 2.05) is 0 Å². The largest absolute Gasteiger partial charge is 0.419 e. The van der Waals surface area contributed by atoms with Gasteiger partial charge in [0.1, 0.15) is 17.7 Å². The molecule has 214 valence electrons. The van der Waals surface area contributed by atoms with Gasteiger partial charge in [0.05, 0.1) is 16.0 Å². The minimum atomic E-state index is -4.91. The van der Waals surface area contributed by atoms with Crippen LogP contribution < -0.4 is 10.6 Å².